The zero-order chi connectivity index (χ0) is 10.5. The number of hydrogen-bond donors (Lipinski definition) is 1. The van der Waals surface area contributed by atoms with Gasteiger partial charge in [-0.25, -0.2) is 0 Å². The minimum absolute atomic E-state index is 0.474. The fourth-order valence-electron chi connectivity index (χ4n) is 1.25. The van der Waals surface area contributed by atoms with E-state index < -0.39 is 0 Å². The van der Waals surface area contributed by atoms with Crippen LogP contribution in [0, 0.1) is 0 Å². The van der Waals surface area contributed by atoms with Crippen LogP contribution < -0.4 is 10.5 Å². The van der Waals surface area contributed by atoms with Crippen LogP contribution in [0.2, 0.25) is 0 Å². The number of hydrogen-bond acceptors (Lipinski definition) is 4. The molecule has 2 aromatic heterocycles. The monoisotopic (exact) mass is 220 g/mol. The van der Waals surface area contributed by atoms with E-state index in [0.29, 0.717) is 13.2 Å². The second kappa shape index (κ2) is 4.91. The highest BCUT2D eigenvalue weighted by Crippen LogP contribution is 2.18. The van der Waals surface area contributed by atoms with E-state index in [0.717, 1.165) is 11.3 Å². The molecule has 2 rings (SSSR count). The van der Waals surface area contributed by atoms with Crippen LogP contribution in [-0.4, -0.2) is 4.98 Å². The minimum atomic E-state index is 0.474. The Hall–Kier alpha value is -1.39. The number of ether oxygens (including phenoxy) is 1. The average molecular weight is 220 g/mol. The van der Waals surface area contributed by atoms with Crippen LogP contribution in [0.4, 0.5) is 0 Å². The summed E-state index contributed by atoms with van der Waals surface area (Å²) >= 11 is 1.68. The van der Waals surface area contributed by atoms with Gasteiger partial charge in [-0.3, -0.25) is 4.98 Å². The molecule has 0 spiro atoms. The van der Waals surface area contributed by atoms with Crippen LogP contribution in [0.5, 0.6) is 5.75 Å². The first kappa shape index (κ1) is 10.1. The van der Waals surface area contributed by atoms with Gasteiger partial charge in [0.15, 0.2) is 0 Å². The summed E-state index contributed by atoms with van der Waals surface area (Å²) in [5.41, 5.74) is 6.58. The maximum Gasteiger partial charge on any atom is 0.142 e. The van der Waals surface area contributed by atoms with Crippen molar-refractivity contribution in [2.45, 2.75) is 13.2 Å². The molecule has 0 aliphatic carbocycles. The number of pyridine rings is 1. The lowest BCUT2D eigenvalue weighted by atomic mass is 10.2. The van der Waals surface area contributed by atoms with E-state index in [4.69, 9.17) is 10.5 Å². The van der Waals surface area contributed by atoms with Gasteiger partial charge in [-0.2, -0.15) is 0 Å². The van der Waals surface area contributed by atoms with Gasteiger partial charge in [0.25, 0.3) is 0 Å². The molecular formula is C11H12N2OS. The van der Waals surface area contributed by atoms with Gasteiger partial charge in [0, 0.05) is 23.2 Å². The highest BCUT2D eigenvalue weighted by molar-refractivity contribution is 7.09. The predicted molar refractivity (Wildman–Crippen MR) is 60.8 cm³/mol. The molecule has 2 heterocycles. The average Bonchev–Trinajstić information content (AvgIpc) is 2.79. The Labute approximate surface area is 92.5 Å². The fraction of sp³-hybridized carbons (Fsp3) is 0.182. The van der Waals surface area contributed by atoms with E-state index in [1.807, 2.05) is 23.6 Å². The molecule has 2 aromatic rings. The Bertz CT molecular complexity index is 414. The Morgan fingerprint density at radius 2 is 2.33 bits per heavy atom. The highest BCUT2D eigenvalue weighted by Gasteiger charge is 2.02. The molecule has 0 aliphatic heterocycles. The van der Waals surface area contributed by atoms with E-state index >= 15 is 0 Å². The molecule has 4 heteroatoms. The highest BCUT2D eigenvalue weighted by atomic mass is 32.1. The van der Waals surface area contributed by atoms with Gasteiger partial charge in [-0.1, -0.05) is 6.07 Å². The van der Waals surface area contributed by atoms with Crippen LogP contribution in [0.3, 0.4) is 0 Å². The predicted octanol–water partition coefficient (Wildman–Crippen LogP) is 2.18. The molecule has 3 nitrogen and oxygen atoms in total. The van der Waals surface area contributed by atoms with Crippen molar-refractivity contribution in [3.8, 4) is 5.75 Å². The lowest BCUT2D eigenvalue weighted by Crippen LogP contribution is -2.02. The molecular weight excluding hydrogens is 208 g/mol. The van der Waals surface area contributed by atoms with Gasteiger partial charge in [-0.05, 0) is 17.5 Å². The maximum atomic E-state index is 5.64. The van der Waals surface area contributed by atoms with Crippen molar-refractivity contribution in [2.75, 3.05) is 0 Å². The molecule has 2 N–H and O–H groups in total. The van der Waals surface area contributed by atoms with E-state index in [-0.39, 0.29) is 0 Å². The Morgan fingerprint density at radius 1 is 1.40 bits per heavy atom. The molecule has 0 bridgehead atoms. The van der Waals surface area contributed by atoms with Gasteiger partial charge in [0.2, 0.25) is 0 Å². The van der Waals surface area contributed by atoms with Crippen molar-refractivity contribution in [1.82, 2.24) is 4.98 Å². The van der Waals surface area contributed by atoms with Crippen molar-refractivity contribution >= 4 is 11.3 Å². The van der Waals surface area contributed by atoms with Gasteiger partial charge >= 0.3 is 0 Å². The van der Waals surface area contributed by atoms with E-state index in [2.05, 4.69) is 4.98 Å². The zero-order valence-corrected chi connectivity index (χ0v) is 9.04. The smallest absolute Gasteiger partial charge is 0.142 e. The third kappa shape index (κ3) is 2.55. The fourth-order valence-corrected chi connectivity index (χ4v) is 1.87. The van der Waals surface area contributed by atoms with Crippen LogP contribution in [0.25, 0.3) is 0 Å². The molecule has 0 aromatic carbocycles. The lowest BCUT2D eigenvalue weighted by Gasteiger charge is -2.08. The summed E-state index contributed by atoms with van der Waals surface area (Å²) in [4.78, 5) is 5.21. The second-order valence-electron chi connectivity index (χ2n) is 3.06. The maximum absolute atomic E-state index is 5.64. The Balaban J connectivity index is 2.04. The summed E-state index contributed by atoms with van der Waals surface area (Å²) in [6.45, 7) is 1.05. The molecule has 78 valence electrons. The van der Waals surface area contributed by atoms with Crippen LogP contribution in [-0.2, 0) is 13.2 Å². The summed E-state index contributed by atoms with van der Waals surface area (Å²) in [6.07, 6.45) is 3.43. The topological polar surface area (TPSA) is 48.1 Å². The number of nitrogens with zero attached hydrogens (tertiary/aromatic N) is 1. The van der Waals surface area contributed by atoms with Gasteiger partial charge in [0.05, 0.1) is 6.20 Å². The SMILES string of the molecule is NCc1ccncc1OCc1cccs1. The third-order valence-corrected chi connectivity index (χ3v) is 2.89. The molecule has 0 unspecified atom stereocenters. The van der Waals surface area contributed by atoms with E-state index in [1.165, 1.54) is 4.88 Å². The summed E-state index contributed by atoms with van der Waals surface area (Å²) in [6, 6.07) is 5.93. The number of aromatic nitrogens is 1. The molecule has 0 fully saturated rings. The second-order valence-corrected chi connectivity index (χ2v) is 4.09. The standard InChI is InChI=1S/C11H12N2OS/c12-6-9-3-4-13-7-11(9)14-8-10-2-1-5-15-10/h1-5,7H,6,8,12H2. The van der Waals surface area contributed by atoms with Gasteiger partial charge < -0.3 is 10.5 Å². The summed E-state index contributed by atoms with van der Waals surface area (Å²) < 4.78 is 5.64. The molecule has 0 atom stereocenters. The van der Waals surface area contributed by atoms with Crippen LogP contribution in [0.1, 0.15) is 10.4 Å². The normalized spacial score (nSPS) is 10.2. The summed E-state index contributed by atoms with van der Waals surface area (Å²) in [7, 11) is 0. The molecule has 0 aliphatic rings. The van der Waals surface area contributed by atoms with Crippen LogP contribution in [0.15, 0.2) is 36.0 Å². The summed E-state index contributed by atoms with van der Waals surface area (Å²) in [5.74, 6) is 0.772. The summed E-state index contributed by atoms with van der Waals surface area (Å²) in [5, 5.41) is 2.03. The molecule has 15 heavy (non-hydrogen) atoms. The zero-order valence-electron chi connectivity index (χ0n) is 8.22. The number of rotatable bonds is 4. The quantitative estimate of drug-likeness (QED) is 0.859. The van der Waals surface area contributed by atoms with Crippen molar-refractivity contribution < 1.29 is 4.74 Å². The van der Waals surface area contributed by atoms with Crippen molar-refractivity contribution in [3.63, 3.8) is 0 Å². The van der Waals surface area contributed by atoms with Crippen molar-refractivity contribution in [1.29, 1.82) is 0 Å². The first-order chi connectivity index (χ1) is 7.40. The van der Waals surface area contributed by atoms with E-state index in [1.54, 1.807) is 23.7 Å². The first-order valence-electron chi connectivity index (χ1n) is 4.68. The number of thiophene rings is 1. The van der Waals surface area contributed by atoms with Gasteiger partial charge in [0.1, 0.15) is 12.4 Å². The van der Waals surface area contributed by atoms with Crippen molar-refractivity contribution in [3.05, 3.63) is 46.4 Å². The van der Waals surface area contributed by atoms with Crippen LogP contribution >= 0.6 is 11.3 Å². The molecule has 0 radical (unpaired) electrons. The molecule has 0 saturated carbocycles. The lowest BCUT2D eigenvalue weighted by molar-refractivity contribution is 0.305. The Morgan fingerprint density at radius 3 is 3.07 bits per heavy atom. The number of nitrogens with two attached hydrogens (primary N) is 1. The van der Waals surface area contributed by atoms with Crippen molar-refractivity contribution in [2.24, 2.45) is 5.73 Å². The molecule has 0 amide bonds. The largest absolute Gasteiger partial charge is 0.486 e. The van der Waals surface area contributed by atoms with Gasteiger partial charge in [-0.15, -0.1) is 11.3 Å². The third-order valence-electron chi connectivity index (χ3n) is 2.04. The minimum Gasteiger partial charge on any atom is -0.486 e. The molecule has 0 saturated heterocycles. The van der Waals surface area contributed by atoms with E-state index in [9.17, 15) is 0 Å². The Kier molecular flexibility index (Phi) is 3.32. The first-order valence-corrected chi connectivity index (χ1v) is 5.56.